The van der Waals surface area contributed by atoms with E-state index in [1.807, 2.05) is 18.2 Å². The second-order valence-electron chi connectivity index (χ2n) is 4.21. The van der Waals surface area contributed by atoms with Crippen molar-refractivity contribution in [1.29, 1.82) is 0 Å². The third-order valence-electron chi connectivity index (χ3n) is 2.78. The number of methoxy groups -OCH3 is 1. The first-order chi connectivity index (χ1) is 8.10. The van der Waals surface area contributed by atoms with E-state index < -0.39 is 0 Å². The van der Waals surface area contributed by atoms with E-state index >= 15 is 0 Å². The molecule has 0 bridgehead atoms. The van der Waals surface area contributed by atoms with Crippen molar-refractivity contribution in [3.05, 3.63) is 23.8 Å². The molecule has 1 atom stereocenters. The minimum absolute atomic E-state index is 0.0640. The van der Waals surface area contributed by atoms with Gasteiger partial charge in [0.1, 0.15) is 5.75 Å². The molecule has 94 valence electrons. The van der Waals surface area contributed by atoms with Crippen LogP contribution in [-0.2, 0) is 0 Å². The number of rotatable bonds is 6. The van der Waals surface area contributed by atoms with Gasteiger partial charge in [0.05, 0.1) is 12.7 Å². The van der Waals surface area contributed by atoms with Gasteiger partial charge in [0.2, 0.25) is 0 Å². The van der Waals surface area contributed by atoms with Crippen molar-refractivity contribution in [2.45, 2.75) is 32.1 Å². The second-order valence-corrected chi connectivity index (χ2v) is 5.28. The Hall–Kier alpha value is -0.960. The summed E-state index contributed by atoms with van der Waals surface area (Å²) in [5.41, 5.74) is 0.711. The Balaban J connectivity index is 2.94. The first-order valence-corrected chi connectivity index (χ1v) is 6.89. The number of carbonyl (C=O) groups is 1. The van der Waals surface area contributed by atoms with Crippen LogP contribution >= 0.6 is 11.8 Å². The molecule has 0 fully saturated rings. The highest BCUT2D eigenvalue weighted by Gasteiger charge is 2.14. The lowest BCUT2D eigenvalue weighted by Crippen LogP contribution is -2.02. The summed E-state index contributed by atoms with van der Waals surface area (Å²) < 4.78 is 5.25. The summed E-state index contributed by atoms with van der Waals surface area (Å²) in [5, 5.41) is 0. The van der Waals surface area contributed by atoms with Crippen molar-refractivity contribution >= 4 is 17.5 Å². The van der Waals surface area contributed by atoms with E-state index in [9.17, 15) is 4.79 Å². The highest BCUT2D eigenvalue weighted by atomic mass is 32.2. The van der Waals surface area contributed by atoms with E-state index in [0.717, 1.165) is 17.1 Å². The Bertz CT molecular complexity index is 388. The predicted molar refractivity (Wildman–Crippen MR) is 73.2 cm³/mol. The van der Waals surface area contributed by atoms with Gasteiger partial charge >= 0.3 is 0 Å². The molecule has 17 heavy (non-hydrogen) atoms. The molecule has 1 aromatic rings. The van der Waals surface area contributed by atoms with Gasteiger partial charge in [-0.15, -0.1) is 11.8 Å². The van der Waals surface area contributed by atoms with Gasteiger partial charge in [0, 0.05) is 10.6 Å². The van der Waals surface area contributed by atoms with Crippen LogP contribution in [-0.4, -0.2) is 18.6 Å². The van der Waals surface area contributed by atoms with Crippen LogP contribution in [0.5, 0.6) is 5.75 Å². The van der Waals surface area contributed by atoms with Gasteiger partial charge in [-0.25, -0.2) is 0 Å². The van der Waals surface area contributed by atoms with Gasteiger partial charge < -0.3 is 4.74 Å². The fraction of sp³-hybridized carbons (Fsp3) is 0.500. The third-order valence-corrected chi connectivity index (χ3v) is 4.17. The van der Waals surface area contributed by atoms with Crippen molar-refractivity contribution < 1.29 is 9.53 Å². The van der Waals surface area contributed by atoms with E-state index in [4.69, 9.17) is 4.74 Å². The zero-order valence-electron chi connectivity index (χ0n) is 10.9. The standard InChI is InChI=1S/C14H20O2S/c1-5-10(2)9-17-13-8-6-7-12(16-4)14(13)11(3)15/h6-8,10H,5,9H2,1-4H3. The van der Waals surface area contributed by atoms with E-state index in [-0.39, 0.29) is 5.78 Å². The number of ether oxygens (including phenoxy) is 1. The maximum Gasteiger partial charge on any atom is 0.164 e. The first-order valence-electron chi connectivity index (χ1n) is 5.90. The largest absolute Gasteiger partial charge is 0.496 e. The summed E-state index contributed by atoms with van der Waals surface area (Å²) in [5.74, 6) is 2.43. The quantitative estimate of drug-likeness (QED) is 0.564. The fourth-order valence-corrected chi connectivity index (χ4v) is 2.76. The zero-order chi connectivity index (χ0) is 12.8. The molecule has 0 aromatic heterocycles. The zero-order valence-corrected chi connectivity index (χ0v) is 11.8. The van der Waals surface area contributed by atoms with Crippen LogP contribution in [0.2, 0.25) is 0 Å². The molecule has 1 unspecified atom stereocenters. The van der Waals surface area contributed by atoms with Gasteiger partial charge in [0.15, 0.2) is 5.78 Å². The van der Waals surface area contributed by atoms with E-state index in [2.05, 4.69) is 13.8 Å². The summed E-state index contributed by atoms with van der Waals surface area (Å²) in [6.45, 7) is 5.99. The number of ketones is 1. The average Bonchev–Trinajstić information content (AvgIpc) is 2.34. The highest BCUT2D eigenvalue weighted by molar-refractivity contribution is 7.99. The fourth-order valence-electron chi connectivity index (χ4n) is 1.50. The van der Waals surface area contributed by atoms with Crippen LogP contribution in [0.25, 0.3) is 0 Å². The molecule has 3 heteroatoms. The molecule has 0 N–H and O–H groups in total. The topological polar surface area (TPSA) is 26.3 Å². The normalized spacial score (nSPS) is 12.2. The Morgan fingerprint density at radius 3 is 2.71 bits per heavy atom. The number of Topliss-reactive ketones (excluding diaryl/α,β-unsaturated/α-hetero) is 1. The van der Waals surface area contributed by atoms with Crippen molar-refractivity contribution in [3.8, 4) is 5.75 Å². The predicted octanol–water partition coefficient (Wildman–Crippen LogP) is 4.04. The summed E-state index contributed by atoms with van der Waals surface area (Å²) >= 11 is 1.74. The Morgan fingerprint density at radius 1 is 1.47 bits per heavy atom. The number of thioether (sulfide) groups is 1. The molecule has 0 saturated carbocycles. The van der Waals surface area contributed by atoms with Crippen LogP contribution in [0.4, 0.5) is 0 Å². The minimum atomic E-state index is 0.0640. The monoisotopic (exact) mass is 252 g/mol. The maximum atomic E-state index is 11.7. The summed E-state index contributed by atoms with van der Waals surface area (Å²) in [6.07, 6.45) is 1.16. The Kier molecular flexibility index (Phi) is 5.56. The molecular weight excluding hydrogens is 232 g/mol. The summed E-state index contributed by atoms with van der Waals surface area (Å²) in [6, 6.07) is 5.76. The van der Waals surface area contributed by atoms with Crippen LogP contribution in [0.15, 0.2) is 23.1 Å². The molecule has 0 aliphatic carbocycles. The number of hydrogen-bond acceptors (Lipinski definition) is 3. The van der Waals surface area contributed by atoms with Crippen LogP contribution in [0.1, 0.15) is 37.6 Å². The second kappa shape index (κ2) is 6.70. The minimum Gasteiger partial charge on any atom is -0.496 e. The summed E-state index contributed by atoms with van der Waals surface area (Å²) in [4.78, 5) is 12.7. The van der Waals surface area contributed by atoms with E-state index in [1.165, 1.54) is 0 Å². The average molecular weight is 252 g/mol. The van der Waals surface area contributed by atoms with E-state index in [0.29, 0.717) is 17.2 Å². The molecule has 1 rings (SSSR count). The van der Waals surface area contributed by atoms with Crippen LogP contribution in [0, 0.1) is 5.92 Å². The van der Waals surface area contributed by atoms with Crippen molar-refractivity contribution in [2.24, 2.45) is 5.92 Å². The molecule has 2 nitrogen and oxygen atoms in total. The lowest BCUT2D eigenvalue weighted by molar-refractivity contribution is 0.101. The third kappa shape index (κ3) is 3.77. The maximum absolute atomic E-state index is 11.7. The molecule has 0 radical (unpaired) electrons. The highest BCUT2D eigenvalue weighted by Crippen LogP contribution is 2.31. The van der Waals surface area contributed by atoms with E-state index in [1.54, 1.807) is 25.8 Å². The van der Waals surface area contributed by atoms with Crippen molar-refractivity contribution in [1.82, 2.24) is 0 Å². The van der Waals surface area contributed by atoms with Crippen molar-refractivity contribution in [2.75, 3.05) is 12.9 Å². The van der Waals surface area contributed by atoms with Gasteiger partial charge in [-0.05, 0) is 25.0 Å². The molecule has 1 aromatic carbocycles. The summed E-state index contributed by atoms with van der Waals surface area (Å²) in [7, 11) is 1.60. The molecule has 0 aliphatic rings. The molecule has 0 aliphatic heterocycles. The Morgan fingerprint density at radius 2 is 2.18 bits per heavy atom. The van der Waals surface area contributed by atoms with Gasteiger partial charge in [-0.2, -0.15) is 0 Å². The van der Waals surface area contributed by atoms with Crippen molar-refractivity contribution in [3.63, 3.8) is 0 Å². The number of hydrogen-bond donors (Lipinski definition) is 0. The van der Waals surface area contributed by atoms with Gasteiger partial charge in [-0.1, -0.05) is 26.3 Å². The van der Waals surface area contributed by atoms with Crippen LogP contribution in [0.3, 0.4) is 0 Å². The molecule has 0 saturated heterocycles. The number of benzene rings is 1. The van der Waals surface area contributed by atoms with Gasteiger partial charge in [0.25, 0.3) is 0 Å². The first kappa shape index (κ1) is 14.1. The lowest BCUT2D eigenvalue weighted by atomic mass is 10.1. The molecule has 0 heterocycles. The smallest absolute Gasteiger partial charge is 0.164 e. The molecular formula is C14H20O2S. The Labute approximate surface area is 108 Å². The van der Waals surface area contributed by atoms with Gasteiger partial charge in [-0.3, -0.25) is 4.79 Å². The lowest BCUT2D eigenvalue weighted by Gasteiger charge is -2.13. The molecule has 0 amide bonds. The molecule has 0 spiro atoms. The van der Waals surface area contributed by atoms with Crippen LogP contribution < -0.4 is 4.74 Å². The SMILES string of the molecule is CCC(C)CSc1cccc(OC)c1C(C)=O. The number of carbonyl (C=O) groups excluding carboxylic acids is 1.